The second-order valence-corrected chi connectivity index (χ2v) is 5.37. The number of hydrogen-bond acceptors (Lipinski definition) is 4. The fourth-order valence-electron chi connectivity index (χ4n) is 2.08. The van der Waals surface area contributed by atoms with Gasteiger partial charge in [0.2, 0.25) is 5.91 Å². The van der Waals surface area contributed by atoms with Crippen molar-refractivity contribution < 1.29 is 4.79 Å². The average molecular weight is 340 g/mol. The maximum absolute atomic E-state index is 12.0. The monoisotopic (exact) mass is 339 g/mol. The van der Waals surface area contributed by atoms with Crippen molar-refractivity contribution in [2.45, 2.75) is 6.54 Å². The molecule has 3 rings (SSSR count). The largest absolute Gasteiger partial charge is 0.348 e. The quantitative estimate of drug-likeness (QED) is 0.725. The first-order chi connectivity index (χ1) is 11.7. The highest BCUT2D eigenvalue weighted by atomic mass is 35.5. The van der Waals surface area contributed by atoms with Crippen molar-refractivity contribution in [3.63, 3.8) is 0 Å². The van der Waals surface area contributed by atoms with Crippen LogP contribution in [-0.4, -0.2) is 25.7 Å². The highest BCUT2D eigenvalue weighted by Gasteiger charge is 2.07. The molecular formula is C17H14ClN5O. The number of nitrogens with zero attached hydrogens (tertiary/aromatic N) is 4. The minimum absolute atomic E-state index is 0.196. The van der Waals surface area contributed by atoms with Gasteiger partial charge in [-0.15, -0.1) is 0 Å². The molecule has 3 aromatic rings. The predicted molar refractivity (Wildman–Crippen MR) is 91.5 cm³/mol. The van der Waals surface area contributed by atoms with E-state index in [1.54, 1.807) is 35.4 Å². The minimum Gasteiger partial charge on any atom is -0.348 e. The van der Waals surface area contributed by atoms with Crippen LogP contribution >= 0.6 is 11.6 Å². The van der Waals surface area contributed by atoms with E-state index in [0.717, 1.165) is 11.1 Å². The van der Waals surface area contributed by atoms with Gasteiger partial charge in [0.1, 0.15) is 12.7 Å². The Morgan fingerprint density at radius 3 is 2.83 bits per heavy atom. The molecule has 0 atom stereocenters. The normalized spacial score (nSPS) is 10.9. The number of carbonyl (C=O) groups excluding carboxylic acids is 1. The van der Waals surface area contributed by atoms with Gasteiger partial charge in [-0.2, -0.15) is 5.10 Å². The molecule has 1 amide bonds. The lowest BCUT2D eigenvalue weighted by Crippen LogP contribution is -2.21. The van der Waals surface area contributed by atoms with E-state index in [-0.39, 0.29) is 5.91 Å². The highest BCUT2D eigenvalue weighted by Crippen LogP contribution is 2.11. The van der Waals surface area contributed by atoms with Crippen LogP contribution in [0.25, 0.3) is 11.9 Å². The second kappa shape index (κ2) is 7.52. The first-order valence-corrected chi connectivity index (χ1v) is 7.60. The van der Waals surface area contributed by atoms with Gasteiger partial charge in [0, 0.05) is 29.4 Å². The minimum atomic E-state index is -0.196. The second-order valence-electron chi connectivity index (χ2n) is 4.93. The summed E-state index contributed by atoms with van der Waals surface area (Å²) in [6.07, 6.45) is 7.88. The van der Waals surface area contributed by atoms with E-state index in [1.165, 1.54) is 12.4 Å². The Bertz CT molecular complexity index is 844. The van der Waals surface area contributed by atoms with Crippen LogP contribution in [0, 0.1) is 0 Å². The molecule has 0 fully saturated rings. The molecule has 0 saturated carbocycles. The number of aromatic nitrogens is 4. The summed E-state index contributed by atoms with van der Waals surface area (Å²) in [5, 5.41) is 7.55. The zero-order valence-corrected chi connectivity index (χ0v) is 13.4. The van der Waals surface area contributed by atoms with Crippen LogP contribution in [-0.2, 0) is 11.3 Å². The summed E-state index contributed by atoms with van der Waals surface area (Å²) in [7, 11) is 0. The summed E-state index contributed by atoms with van der Waals surface area (Å²) >= 11 is 5.83. The van der Waals surface area contributed by atoms with Crippen molar-refractivity contribution in [1.82, 2.24) is 25.1 Å². The van der Waals surface area contributed by atoms with Gasteiger partial charge < -0.3 is 5.32 Å². The van der Waals surface area contributed by atoms with Gasteiger partial charge >= 0.3 is 0 Å². The van der Waals surface area contributed by atoms with Crippen LogP contribution in [0.4, 0.5) is 0 Å². The lowest BCUT2D eigenvalue weighted by atomic mass is 10.2. The maximum atomic E-state index is 12.0. The Morgan fingerprint density at radius 2 is 2.08 bits per heavy atom. The number of benzene rings is 1. The molecular weight excluding hydrogens is 326 g/mol. The molecule has 1 N–H and O–H groups in total. The fraction of sp³-hybridized carbons (Fsp3) is 0.0588. The van der Waals surface area contributed by atoms with Crippen LogP contribution in [0.5, 0.6) is 0 Å². The van der Waals surface area contributed by atoms with Crippen LogP contribution in [0.15, 0.2) is 61.3 Å². The number of amides is 1. The Labute approximate surface area is 143 Å². The van der Waals surface area contributed by atoms with Crippen molar-refractivity contribution in [3.8, 4) is 5.82 Å². The van der Waals surface area contributed by atoms with Crippen molar-refractivity contribution in [2.24, 2.45) is 0 Å². The number of hydrogen-bond donors (Lipinski definition) is 1. The first kappa shape index (κ1) is 15.9. The van der Waals surface area contributed by atoms with Gasteiger partial charge in [0.25, 0.3) is 0 Å². The first-order valence-electron chi connectivity index (χ1n) is 7.23. The third kappa shape index (κ3) is 4.05. The van der Waals surface area contributed by atoms with Gasteiger partial charge in [0.05, 0.1) is 0 Å². The molecule has 1 aromatic carbocycles. The molecule has 2 heterocycles. The number of pyridine rings is 1. The van der Waals surface area contributed by atoms with E-state index < -0.39 is 0 Å². The highest BCUT2D eigenvalue weighted by molar-refractivity contribution is 6.30. The lowest BCUT2D eigenvalue weighted by Gasteiger charge is -2.08. The van der Waals surface area contributed by atoms with Crippen molar-refractivity contribution in [1.29, 1.82) is 0 Å². The maximum Gasteiger partial charge on any atom is 0.244 e. The van der Waals surface area contributed by atoms with Crippen molar-refractivity contribution >= 4 is 23.6 Å². The van der Waals surface area contributed by atoms with E-state index in [1.807, 2.05) is 24.3 Å². The summed E-state index contributed by atoms with van der Waals surface area (Å²) in [5.74, 6) is 0.440. The van der Waals surface area contributed by atoms with Crippen LogP contribution in [0.2, 0.25) is 5.02 Å². The van der Waals surface area contributed by atoms with Gasteiger partial charge in [-0.3, -0.25) is 4.79 Å². The smallest absolute Gasteiger partial charge is 0.244 e. The third-order valence-corrected chi connectivity index (χ3v) is 3.51. The summed E-state index contributed by atoms with van der Waals surface area (Å²) in [4.78, 5) is 20.2. The summed E-state index contributed by atoms with van der Waals surface area (Å²) < 4.78 is 1.56. The number of nitrogens with one attached hydrogen (secondary N) is 1. The van der Waals surface area contributed by atoms with E-state index in [9.17, 15) is 4.79 Å². The molecule has 0 aliphatic heterocycles. The summed E-state index contributed by atoms with van der Waals surface area (Å²) in [6.45, 7) is 0.340. The van der Waals surface area contributed by atoms with Gasteiger partial charge in [-0.05, 0) is 29.8 Å². The van der Waals surface area contributed by atoms with Crippen LogP contribution < -0.4 is 5.32 Å². The van der Waals surface area contributed by atoms with Gasteiger partial charge in [0.15, 0.2) is 5.82 Å². The lowest BCUT2D eigenvalue weighted by molar-refractivity contribution is -0.116. The molecule has 7 heteroatoms. The number of carbonyl (C=O) groups is 1. The molecule has 0 unspecified atom stereocenters. The SMILES string of the molecule is O=C(/C=C\c1ccc(Cl)cc1)NCc1cccnc1-n1cncn1. The molecule has 0 bridgehead atoms. The molecule has 0 aliphatic carbocycles. The number of rotatable bonds is 5. The molecule has 24 heavy (non-hydrogen) atoms. The third-order valence-electron chi connectivity index (χ3n) is 3.25. The topological polar surface area (TPSA) is 72.7 Å². The molecule has 0 radical (unpaired) electrons. The Kier molecular flexibility index (Phi) is 4.98. The molecule has 6 nitrogen and oxygen atoms in total. The Hall–Kier alpha value is -2.99. The predicted octanol–water partition coefficient (Wildman–Crippen LogP) is 2.65. The zero-order valence-electron chi connectivity index (χ0n) is 12.6. The van der Waals surface area contributed by atoms with E-state index in [4.69, 9.17) is 11.6 Å². The van der Waals surface area contributed by atoms with E-state index in [2.05, 4.69) is 20.4 Å². The molecule has 0 aliphatic rings. The van der Waals surface area contributed by atoms with Crippen molar-refractivity contribution in [2.75, 3.05) is 0 Å². The Balaban J connectivity index is 1.64. The van der Waals surface area contributed by atoms with Gasteiger partial charge in [-0.25, -0.2) is 14.6 Å². The standard InChI is InChI=1S/C17H14ClN5O/c18-15-6-3-13(4-7-15)5-8-16(24)21-10-14-2-1-9-20-17(14)23-12-19-11-22-23/h1-9,11-12H,10H2,(H,21,24)/b8-5-. The number of halogens is 1. The average Bonchev–Trinajstić information content (AvgIpc) is 3.14. The molecule has 0 saturated heterocycles. The molecule has 2 aromatic heterocycles. The van der Waals surface area contributed by atoms with E-state index in [0.29, 0.717) is 17.4 Å². The summed E-state index contributed by atoms with van der Waals surface area (Å²) in [6, 6.07) is 10.9. The molecule has 120 valence electrons. The van der Waals surface area contributed by atoms with E-state index >= 15 is 0 Å². The zero-order chi connectivity index (χ0) is 16.8. The van der Waals surface area contributed by atoms with Crippen LogP contribution in [0.1, 0.15) is 11.1 Å². The molecule has 0 spiro atoms. The summed E-state index contributed by atoms with van der Waals surface area (Å²) in [5.41, 5.74) is 1.75. The van der Waals surface area contributed by atoms with Crippen molar-refractivity contribution in [3.05, 3.63) is 77.5 Å². The fourth-order valence-corrected chi connectivity index (χ4v) is 2.21. The van der Waals surface area contributed by atoms with Gasteiger partial charge in [-0.1, -0.05) is 29.8 Å². The Morgan fingerprint density at radius 1 is 1.25 bits per heavy atom. The van der Waals surface area contributed by atoms with Crippen LogP contribution in [0.3, 0.4) is 0 Å².